The molecule has 8 heteroatoms. The largest absolute Gasteiger partial charge is 0.356 e. The molecule has 0 radical (unpaired) electrons. The van der Waals surface area contributed by atoms with E-state index in [1.807, 2.05) is 19.2 Å². The number of guanidine groups is 1. The second-order valence-electron chi connectivity index (χ2n) is 8.05. The zero-order valence-corrected chi connectivity index (χ0v) is 18.1. The summed E-state index contributed by atoms with van der Waals surface area (Å²) in [6.45, 7) is 10.9. The van der Waals surface area contributed by atoms with Gasteiger partial charge in [-0.15, -0.1) is 0 Å². The molecule has 156 valence electrons. The van der Waals surface area contributed by atoms with Crippen molar-refractivity contribution in [3.05, 3.63) is 23.4 Å². The van der Waals surface area contributed by atoms with Crippen molar-refractivity contribution in [2.45, 2.75) is 19.4 Å². The third-order valence-electron chi connectivity index (χ3n) is 5.58. The molecule has 0 bridgehead atoms. The molecule has 0 aromatic carbocycles. The fourth-order valence-corrected chi connectivity index (χ4v) is 4.12. The molecule has 2 aliphatic rings. The van der Waals surface area contributed by atoms with Gasteiger partial charge < -0.3 is 25.3 Å². The molecule has 2 aliphatic heterocycles. The second-order valence-corrected chi connectivity index (χ2v) is 8.45. The molecule has 28 heavy (non-hydrogen) atoms. The van der Waals surface area contributed by atoms with Crippen molar-refractivity contribution in [2.24, 2.45) is 10.9 Å². The Hall–Kier alpha value is -1.57. The van der Waals surface area contributed by atoms with Crippen molar-refractivity contribution in [3.63, 3.8) is 0 Å². The first-order chi connectivity index (χ1) is 13.5. The highest BCUT2D eigenvalue weighted by molar-refractivity contribution is 6.32. The van der Waals surface area contributed by atoms with Gasteiger partial charge in [0.15, 0.2) is 5.96 Å². The van der Waals surface area contributed by atoms with Crippen LogP contribution in [0.5, 0.6) is 0 Å². The van der Waals surface area contributed by atoms with E-state index in [9.17, 15) is 0 Å². The maximum absolute atomic E-state index is 6.29. The van der Waals surface area contributed by atoms with Crippen molar-refractivity contribution in [1.29, 1.82) is 0 Å². The summed E-state index contributed by atoms with van der Waals surface area (Å²) in [5, 5.41) is 7.77. The van der Waals surface area contributed by atoms with Gasteiger partial charge in [0, 0.05) is 71.6 Å². The first-order valence-electron chi connectivity index (χ1n) is 10.3. The second kappa shape index (κ2) is 10.3. The van der Waals surface area contributed by atoms with Crippen LogP contribution in [0.15, 0.2) is 23.3 Å². The lowest BCUT2D eigenvalue weighted by Gasteiger charge is -2.34. The van der Waals surface area contributed by atoms with E-state index in [1.165, 1.54) is 26.2 Å². The number of nitrogens with zero attached hydrogens (tertiary/aromatic N) is 5. The number of aliphatic imine (C=N–C) groups is 1. The van der Waals surface area contributed by atoms with Crippen molar-refractivity contribution in [2.75, 3.05) is 71.4 Å². The highest BCUT2D eigenvalue weighted by atomic mass is 35.5. The highest BCUT2D eigenvalue weighted by Gasteiger charge is 2.25. The molecular weight excluding hydrogens is 374 g/mol. The summed E-state index contributed by atoms with van der Waals surface area (Å²) in [6.07, 6.45) is 2.84. The van der Waals surface area contributed by atoms with Gasteiger partial charge in [-0.3, -0.25) is 4.99 Å². The Morgan fingerprint density at radius 3 is 2.82 bits per heavy atom. The fourth-order valence-electron chi connectivity index (χ4n) is 3.88. The van der Waals surface area contributed by atoms with E-state index in [4.69, 9.17) is 11.6 Å². The van der Waals surface area contributed by atoms with Gasteiger partial charge in [-0.1, -0.05) is 18.5 Å². The smallest absolute Gasteiger partial charge is 0.191 e. The highest BCUT2D eigenvalue weighted by Crippen LogP contribution is 2.25. The van der Waals surface area contributed by atoms with E-state index in [2.05, 4.69) is 49.3 Å². The average Bonchev–Trinajstić information content (AvgIpc) is 3.15. The lowest BCUT2D eigenvalue weighted by Crippen LogP contribution is -2.49. The fraction of sp³-hybridized carbons (Fsp3) is 0.700. The van der Waals surface area contributed by atoms with Crippen LogP contribution in [0.1, 0.15) is 13.3 Å². The number of pyridine rings is 1. The minimum atomic E-state index is 0.345. The van der Waals surface area contributed by atoms with Crippen LogP contribution in [-0.4, -0.2) is 93.2 Å². The van der Waals surface area contributed by atoms with Gasteiger partial charge in [-0.2, -0.15) is 0 Å². The van der Waals surface area contributed by atoms with E-state index in [-0.39, 0.29) is 0 Å². The molecule has 2 unspecified atom stereocenters. The molecule has 0 spiro atoms. The molecule has 1 aromatic rings. The number of hydrogen-bond acceptors (Lipinski definition) is 5. The molecule has 1 aromatic heterocycles. The molecule has 2 N–H and O–H groups in total. The van der Waals surface area contributed by atoms with Gasteiger partial charge in [0.25, 0.3) is 0 Å². The molecule has 2 saturated heterocycles. The molecule has 2 atom stereocenters. The Kier molecular flexibility index (Phi) is 7.76. The number of piperazine rings is 1. The predicted molar refractivity (Wildman–Crippen MR) is 117 cm³/mol. The summed E-state index contributed by atoms with van der Waals surface area (Å²) in [6, 6.07) is 4.11. The summed E-state index contributed by atoms with van der Waals surface area (Å²) >= 11 is 6.29. The van der Waals surface area contributed by atoms with Gasteiger partial charge in [0.1, 0.15) is 5.82 Å². The quantitative estimate of drug-likeness (QED) is 0.548. The van der Waals surface area contributed by atoms with Gasteiger partial charge in [-0.25, -0.2) is 4.98 Å². The lowest BCUT2D eigenvalue weighted by atomic mass is 10.1. The van der Waals surface area contributed by atoms with Crippen LogP contribution in [0.2, 0.25) is 5.02 Å². The summed E-state index contributed by atoms with van der Waals surface area (Å²) in [4.78, 5) is 16.0. The summed E-state index contributed by atoms with van der Waals surface area (Å²) in [7, 11) is 4.03. The molecule has 0 amide bonds. The molecule has 0 aliphatic carbocycles. The van der Waals surface area contributed by atoms with Crippen LogP contribution in [0, 0.1) is 5.92 Å². The van der Waals surface area contributed by atoms with Crippen molar-refractivity contribution >= 4 is 23.4 Å². The zero-order valence-electron chi connectivity index (χ0n) is 17.4. The summed E-state index contributed by atoms with van der Waals surface area (Å²) < 4.78 is 0. The SMILES string of the molecule is CN=C(NCC(C)CN1CCN(C)CC1)NC1CCN(c2ncccc2Cl)C1. The van der Waals surface area contributed by atoms with Crippen LogP contribution < -0.4 is 15.5 Å². The molecule has 3 rings (SSSR count). The van der Waals surface area contributed by atoms with Gasteiger partial charge in [0.05, 0.1) is 5.02 Å². The normalized spacial score (nSPS) is 23.1. The van der Waals surface area contributed by atoms with Crippen molar-refractivity contribution in [1.82, 2.24) is 25.4 Å². The average molecular weight is 408 g/mol. The Morgan fingerprint density at radius 2 is 2.11 bits per heavy atom. The standard InChI is InChI=1S/C20H34ClN7/c1-16(14-27-11-9-26(3)10-12-27)13-24-20(22-2)25-17-6-8-28(15-17)19-18(21)5-4-7-23-19/h4-5,7,16-17H,6,8-15H2,1-3H3,(H2,22,24,25). The van der Waals surface area contributed by atoms with Crippen molar-refractivity contribution < 1.29 is 0 Å². The molecule has 3 heterocycles. The van der Waals surface area contributed by atoms with E-state index < -0.39 is 0 Å². The molecule has 2 fully saturated rings. The number of rotatable bonds is 6. The molecule has 0 saturated carbocycles. The van der Waals surface area contributed by atoms with Crippen LogP contribution in [0.3, 0.4) is 0 Å². The van der Waals surface area contributed by atoms with E-state index in [0.717, 1.165) is 44.4 Å². The topological polar surface area (TPSA) is 59.0 Å². The number of likely N-dealkylation sites (N-methyl/N-ethyl adjacent to an activating group) is 1. The number of anilines is 1. The molecular formula is C20H34ClN7. The summed E-state index contributed by atoms with van der Waals surface area (Å²) in [5.41, 5.74) is 0. The van der Waals surface area contributed by atoms with Crippen LogP contribution >= 0.6 is 11.6 Å². The van der Waals surface area contributed by atoms with E-state index in [1.54, 1.807) is 6.20 Å². The lowest BCUT2D eigenvalue weighted by molar-refractivity contribution is 0.139. The number of halogens is 1. The molecule has 7 nitrogen and oxygen atoms in total. The predicted octanol–water partition coefficient (Wildman–Crippen LogP) is 1.36. The Labute approximate surface area is 174 Å². The van der Waals surface area contributed by atoms with E-state index in [0.29, 0.717) is 17.0 Å². The van der Waals surface area contributed by atoms with Gasteiger partial charge in [0.2, 0.25) is 0 Å². The third kappa shape index (κ3) is 5.96. The number of nitrogens with one attached hydrogen (secondary N) is 2. The first kappa shape index (κ1) is 21.1. The van der Waals surface area contributed by atoms with Crippen molar-refractivity contribution in [3.8, 4) is 0 Å². The number of hydrogen-bond donors (Lipinski definition) is 2. The maximum atomic E-state index is 6.29. The summed E-state index contributed by atoms with van der Waals surface area (Å²) in [5.74, 6) is 2.33. The number of aromatic nitrogens is 1. The monoisotopic (exact) mass is 407 g/mol. The first-order valence-corrected chi connectivity index (χ1v) is 10.7. The van der Waals surface area contributed by atoms with Crippen LogP contribution in [0.4, 0.5) is 5.82 Å². The Morgan fingerprint density at radius 1 is 1.32 bits per heavy atom. The maximum Gasteiger partial charge on any atom is 0.191 e. The minimum absolute atomic E-state index is 0.345. The van der Waals surface area contributed by atoms with Gasteiger partial charge in [-0.05, 0) is 31.5 Å². The third-order valence-corrected chi connectivity index (χ3v) is 5.87. The van der Waals surface area contributed by atoms with Gasteiger partial charge >= 0.3 is 0 Å². The van der Waals surface area contributed by atoms with Crippen LogP contribution in [0.25, 0.3) is 0 Å². The van der Waals surface area contributed by atoms with E-state index >= 15 is 0 Å². The Balaban J connectivity index is 1.40. The Bertz CT molecular complexity index is 645. The van der Waals surface area contributed by atoms with Crippen LogP contribution in [-0.2, 0) is 0 Å². The zero-order chi connectivity index (χ0) is 19.9. The minimum Gasteiger partial charge on any atom is -0.356 e.